The molecule has 6 heteroatoms. The van der Waals surface area contributed by atoms with E-state index < -0.39 is 0 Å². The molecule has 0 spiro atoms. The molecule has 0 saturated carbocycles. The summed E-state index contributed by atoms with van der Waals surface area (Å²) in [6.07, 6.45) is 14.6. The molecule has 0 saturated heterocycles. The van der Waals surface area contributed by atoms with Crippen LogP contribution in [0.5, 0.6) is 11.5 Å². The molecule has 8 aromatic rings. The monoisotopic (exact) mass is 806 g/mol. The van der Waals surface area contributed by atoms with Crippen molar-refractivity contribution in [1.82, 2.24) is 9.13 Å². The number of aromatic hydroxyl groups is 2. The van der Waals surface area contributed by atoms with Gasteiger partial charge in [0.1, 0.15) is 11.5 Å². The summed E-state index contributed by atoms with van der Waals surface area (Å²) in [6.45, 7) is 10.8. The van der Waals surface area contributed by atoms with Crippen LogP contribution in [0.15, 0.2) is 119 Å². The third kappa shape index (κ3) is 7.10. The first-order valence-corrected chi connectivity index (χ1v) is 22.7. The molecule has 2 heterocycles. The van der Waals surface area contributed by atoms with Gasteiger partial charge in [0.15, 0.2) is 0 Å². The zero-order valence-electron chi connectivity index (χ0n) is 36.2. The van der Waals surface area contributed by atoms with Crippen molar-refractivity contribution in [3.63, 3.8) is 0 Å². The highest BCUT2D eigenvalue weighted by Gasteiger charge is 2.42. The van der Waals surface area contributed by atoms with E-state index in [2.05, 4.69) is 134 Å². The number of para-hydroxylation sites is 2. The van der Waals surface area contributed by atoms with Crippen molar-refractivity contribution in [2.24, 2.45) is 9.98 Å². The molecule has 2 N–H and O–H groups in total. The van der Waals surface area contributed by atoms with Gasteiger partial charge in [-0.2, -0.15) is 0 Å². The summed E-state index contributed by atoms with van der Waals surface area (Å²) in [5.41, 5.74) is 12.4. The van der Waals surface area contributed by atoms with Crippen LogP contribution >= 0.6 is 0 Å². The molecule has 6 aromatic carbocycles. The van der Waals surface area contributed by atoms with E-state index in [1.54, 1.807) is 6.21 Å². The third-order valence-corrected chi connectivity index (χ3v) is 13.3. The van der Waals surface area contributed by atoms with E-state index in [9.17, 15) is 10.2 Å². The molecule has 1 aliphatic rings. The van der Waals surface area contributed by atoms with Crippen LogP contribution in [0.2, 0.25) is 0 Å². The van der Waals surface area contributed by atoms with E-state index >= 15 is 0 Å². The highest BCUT2D eigenvalue weighted by molar-refractivity contribution is 6.11. The fraction of sp³-hybridized carbons (Fsp3) is 0.309. The number of benzene rings is 6. The lowest BCUT2D eigenvalue weighted by molar-refractivity contribution is 0.414. The van der Waals surface area contributed by atoms with Crippen LogP contribution in [0.4, 0.5) is 11.4 Å². The number of phenolic OH excluding ortho intramolecular Hbond substituents is 2. The Morgan fingerprint density at radius 2 is 0.951 bits per heavy atom. The molecular weight excluding hydrogens is 749 g/mol. The average molecular weight is 807 g/mol. The second-order valence-corrected chi connectivity index (χ2v) is 17.1. The van der Waals surface area contributed by atoms with Gasteiger partial charge in [0.25, 0.3) is 0 Å². The Morgan fingerprint density at radius 3 is 1.48 bits per heavy atom. The Kier molecular flexibility index (Phi) is 11.3. The lowest BCUT2D eigenvalue weighted by Crippen LogP contribution is -2.25. The summed E-state index contributed by atoms with van der Waals surface area (Å²) in [7, 11) is 0. The quantitative estimate of drug-likeness (QED) is 0.0954. The van der Waals surface area contributed by atoms with E-state index in [1.165, 1.54) is 33.3 Å². The zero-order chi connectivity index (χ0) is 42.1. The molecule has 310 valence electrons. The average Bonchev–Trinajstić information content (AvgIpc) is 3.86. The molecule has 0 radical (unpaired) electrons. The van der Waals surface area contributed by atoms with Crippen LogP contribution in [0.3, 0.4) is 0 Å². The summed E-state index contributed by atoms with van der Waals surface area (Å²) in [4.78, 5) is 10.4. The predicted molar refractivity (Wildman–Crippen MR) is 258 cm³/mol. The van der Waals surface area contributed by atoms with Gasteiger partial charge in [-0.3, -0.25) is 9.98 Å². The van der Waals surface area contributed by atoms with Gasteiger partial charge in [-0.05, 0) is 96.5 Å². The molecule has 9 rings (SSSR count). The summed E-state index contributed by atoms with van der Waals surface area (Å²) in [5.74, 6) is 0.395. The highest BCUT2D eigenvalue weighted by Crippen LogP contribution is 2.56. The Morgan fingerprint density at radius 1 is 0.475 bits per heavy atom. The van der Waals surface area contributed by atoms with Gasteiger partial charge in [-0.25, -0.2) is 0 Å². The second-order valence-electron chi connectivity index (χ2n) is 17.1. The Labute approximate surface area is 359 Å². The zero-order valence-corrected chi connectivity index (χ0v) is 36.2. The number of aliphatic imine (C=N–C) groups is 2. The van der Waals surface area contributed by atoms with E-state index in [4.69, 9.17) is 9.98 Å². The standard InChI is InChI=1S/C55H58N4O2/c1-5-9-25-55(26-10-6-2)45-22-16-13-19-39(45)42-31-47(56-35-37-29-51-43(32-53(37)60)40-20-14-17-23-49(40)58(51)27-11-7-3)48(34-46(42)55)57-36-38-30-52-44(33-54(38)61)41-21-15-18-24-50(41)59(52)28-12-8-4/h13-24,29-36,60-61H,5-12,25-28H2,1-4H3. The normalized spacial score (nSPS) is 13.5. The van der Waals surface area contributed by atoms with Crippen molar-refractivity contribution >= 4 is 67.4 Å². The van der Waals surface area contributed by atoms with Crippen LogP contribution in [-0.2, 0) is 18.5 Å². The number of hydrogen-bond donors (Lipinski definition) is 2. The lowest BCUT2D eigenvalue weighted by atomic mass is 9.71. The van der Waals surface area contributed by atoms with E-state index in [0.717, 1.165) is 121 Å². The van der Waals surface area contributed by atoms with Crippen LogP contribution in [0.25, 0.3) is 54.7 Å². The highest BCUT2D eigenvalue weighted by atomic mass is 16.3. The van der Waals surface area contributed by atoms with Crippen molar-refractivity contribution < 1.29 is 10.2 Å². The SMILES string of the molecule is CCCCn1c2ccccc2c2cc(O)c(C=Nc3cc4c(cc3N=Cc3cc5c(cc3O)c3ccccc3n5CCCC)C(CCCC)(CCCC)c3ccccc3-4)cc21. The maximum absolute atomic E-state index is 11.6. The van der Waals surface area contributed by atoms with Crippen molar-refractivity contribution in [2.45, 2.75) is 110 Å². The maximum Gasteiger partial charge on any atom is 0.125 e. The first-order chi connectivity index (χ1) is 29.9. The minimum atomic E-state index is -0.124. The van der Waals surface area contributed by atoms with Crippen LogP contribution in [0.1, 0.15) is 114 Å². The molecule has 61 heavy (non-hydrogen) atoms. The smallest absolute Gasteiger partial charge is 0.125 e. The number of nitrogens with zero attached hydrogens (tertiary/aromatic N) is 4. The first-order valence-electron chi connectivity index (χ1n) is 22.7. The number of unbranched alkanes of at least 4 members (excludes halogenated alkanes) is 4. The third-order valence-electron chi connectivity index (χ3n) is 13.3. The molecule has 0 aliphatic heterocycles. The summed E-state index contributed by atoms with van der Waals surface area (Å²) >= 11 is 0. The van der Waals surface area contributed by atoms with Crippen molar-refractivity contribution in [2.75, 3.05) is 0 Å². The Hall–Kier alpha value is -6.14. The number of hydrogen-bond acceptors (Lipinski definition) is 4. The van der Waals surface area contributed by atoms with E-state index in [1.807, 2.05) is 18.3 Å². The molecule has 0 bridgehead atoms. The van der Waals surface area contributed by atoms with E-state index in [0.29, 0.717) is 11.1 Å². The molecular formula is C55H58N4O2. The summed E-state index contributed by atoms with van der Waals surface area (Å²) in [6, 6.07) is 38.3. The van der Waals surface area contributed by atoms with Crippen LogP contribution in [-0.4, -0.2) is 31.8 Å². The number of aromatic nitrogens is 2. The lowest BCUT2D eigenvalue weighted by Gasteiger charge is -2.32. The number of phenols is 2. The molecule has 1 aliphatic carbocycles. The summed E-state index contributed by atoms with van der Waals surface area (Å²) in [5, 5.41) is 27.5. The van der Waals surface area contributed by atoms with Crippen molar-refractivity contribution in [3.8, 4) is 22.6 Å². The van der Waals surface area contributed by atoms with Gasteiger partial charge in [0.2, 0.25) is 0 Å². The number of rotatable bonds is 16. The fourth-order valence-corrected chi connectivity index (χ4v) is 10.1. The van der Waals surface area contributed by atoms with Gasteiger partial charge in [-0.1, -0.05) is 127 Å². The van der Waals surface area contributed by atoms with Gasteiger partial charge >= 0.3 is 0 Å². The fourth-order valence-electron chi connectivity index (χ4n) is 10.1. The maximum atomic E-state index is 11.6. The second kappa shape index (κ2) is 17.1. The molecule has 0 atom stereocenters. The van der Waals surface area contributed by atoms with E-state index in [-0.39, 0.29) is 16.9 Å². The largest absolute Gasteiger partial charge is 0.507 e. The molecule has 0 amide bonds. The molecule has 0 fully saturated rings. The predicted octanol–water partition coefficient (Wildman–Crippen LogP) is 15.1. The Bertz CT molecular complexity index is 2960. The van der Waals surface area contributed by atoms with Gasteiger partial charge in [-0.15, -0.1) is 0 Å². The number of fused-ring (bicyclic) bond motifs is 9. The first kappa shape index (κ1) is 40.3. The van der Waals surface area contributed by atoms with Crippen molar-refractivity contribution in [1.29, 1.82) is 0 Å². The van der Waals surface area contributed by atoms with Gasteiger partial charge in [0.05, 0.1) is 22.4 Å². The van der Waals surface area contributed by atoms with Gasteiger partial charge in [0, 0.05) is 74.6 Å². The van der Waals surface area contributed by atoms with Crippen LogP contribution in [0, 0.1) is 0 Å². The summed E-state index contributed by atoms with van der Waals surface area (Å²) < 4.78 is 4.76. The molecule has 6 nitrogen and oxygen atoms in total. The van der Waals surface area contributed by atoms with Crippen LogP contribution < -0.4 is 0 Å². The van der Waals surface area contributed by atoms with Gasteiger partial charge < -0.3 is 19.3 Å². The molecule has 2 aromatic heterocycles. The number of aryl methyl sites for hydroxylation is 2. The Balaban J connectivity index is 1.22. The molecule has 0 unspecified atom stereocenters. The van der Waals surface area contributed by atoms with Crippen molar-refractivity contribution in [3.05, 3.63) is 131 Å². The topological polar surface area (TPSA) is 75.0 Å². The minimum Gasteiger partial charge on any atom is -0.507 e. The minimum absolute atomic E-state index is 0.124.